The Morgan fingerprint density at radius 2 is 1.61 bits per heavy atom. The smallest absolute Gasteiger partial charge is 0.225 e. The summed E-state index contributed by atoms with van der Waals surface area (Å²) in [5, 5.41) is 4.99. The lowest BCUT2D eigenvalue weighted by Gasteiger charge is -2.07. The minimum atomic E-state index is -3.79. The standard InChI is InChI=1S/C14H15FN2O4S2/c15-12-2-1-3-14(10-12)23(20,21)17-9-8-11-4-6-13(7-5-11)22(16,18)19/h1-7,10,17H,8-9H2,(H2,16,18,19). The van der Waals surface area contributed by atoms with Crippen LogP contribution in [0.25, 0.3) is 0 Å². The van der Waals surface area contributed by atoms with Gasteiger partial charge in [0, 0.05) is 6.54 Å². The van der Waals surface area contributed by atoms with Crippen LogP contribution in [-0.4, -0.2) is 23.4 Å². The van der Waals surface area contributed by atoms with Crippen LogP contribution in [0.3, 0.4) is 0 Å². The van der Waals surface area contributed by atoms with Gasteiger partial charge >= 0.3 is 0 Å². The summed E-state index contributed by atoms with van der Waals surface area (Å²) in [5.41, 5.74) is 0.736. The molecule has 3 N–H and O–H groups in total. The van der Waals surface area contributed by atoms with Crippen molar-refractivity contribution in [3.63, 3.8) is 0 Å². The van der Waals surface area contributed by atoms with Crippen LogP contribution < -0.4 is 9.86 Å². The lowest BCUT2D eigenvalue weighted by atomic mass is 10.2. The van der Waals surface area contributed by atoms with E-state index in [0.717, 1.165) is 17.7 Å². The first-order chi connectivity index (χ1) is 10.7. The van der Waals surface area contributed by atoms with E-state index in [0.29, 0.717) is 6.42 Å². The molecule has 23 heavy (non-hydrogen) atoms. The van der Waals surface area contributed by atoms with Crippen molar-refractivity contribution in [3.05, 3.63) is 59.9 Å². The molecule has 0 radical (unpaired) electrons. The molecule has 6 nitrogen and oxygen atoms in total. The zero-order chi connectivity index (χ0) is 17.1. The summed E-state index contributed by atoms with van der Waals surface area (Å²) < 4.78 is 61.7. The molecule has 0 fully saturated rings. The van der Waals surface area contributed by atoms with E-state index in [9.17, 15) is 21.2 Å². The van der Waals surface area contributed by atoms with Gasteiger partial charge in [0.2, 0.25) is 20.0 Å². The van der Waals surface area contributed by atoms with E-state index in [2.05, 4.69) is 4.72 Å². The maximum atomic E-state index is 13.1. The van der Waals surface area contributed by atoms with Gasteiger partial charge in [-0.25, -0.2) is 31.1 Å². The van der Waals surface area contributed by atoms with Gasteiger partial charge in [0.05, 0.1) is 9.79 Å². The fraction of sp³-hybridized carbons (Fsp3) is 0.143. The van der Waals surface area contributed by atoms with Crippen molar-refractivity contribution in [3.8, 4) is 0 Å². The normalized spacial score (nSPS) is 12.3. The lowest BCUT2D eigenvalue weighted by molar-refractivity contribution is 0.577. The van der Waals surface area contributed by atoms with Crippen molar-refractivity contribution in [1.29, 1.82) is 0 Å². The molecule has 0 atom stereocenters. The number of hydrogen-bond acceptors (Lipinski definition) is 4. The van der Waals surface area contributed by atoms with Crippen LogP contribution in [0.4, 0.5) is 4.39 Å². The third-order valence-electron chi connectivity index (χ3n) is 3.06. The van der Waals surface area contributed by atoms with Crippen LogP contribution in [-0.2, 0) is 26.5 Å². The minimum Gasteiger partial charge on any atom is -0.225 e. The summed E-state index contributed by atoms with van der Waals surface area (Å²) in [7, 11) is -7.54. The summed E-state index contributed by atoms with van der Waals surface area (Å²) in [6, 6.07) is 10.5. The molecule has 0 aromatic heterocycles. The Labute approximate surface area is 134 Å². The molecule has 0 aliphatic carbocycles. The van der Waals surface area contributed by atoms with E-state index >= 15 is 0 Å². The highest BCUT2D eigenvalue weighted by Crippen LogP contribution is 2.11. The number of rotatable bonds is 6. The topological polar surface area (TPSA) is 106 Å². The third kappa shape index (κ3) is 4.83. The second-order valence-corrected chi connectivity index (χ2v) is 8.12. The van der Waals surface area contributed by atoms with Crippen molar-refractivity contribution >= 4 is 20.0 Å². The van der Waals surface area contributed by atoms with Crippen molar-refractivity contribution in [2.24, 2.45) is 5.14 Å². The Hall–Kier alpha value is -1.81. The molecule has 0 saturated heterocycles. The Kier molecular flexibility index (Phi) is 5.15. The van der Waals surface area contributed by atoms with E-state index in [-0.39, 0.29) is 16.3 Å². The molecule has 9 heteroatoms. The van der Waals surface area contributed by atoms with Gasteiger partial charge in [-0.1, -0.05) is 18.2 Å². The highest BCUT2D eigenvalue weighted by Gasteiger charge is 2.14. The average Bonchev–Trinajstić information content (AvgIpc) is 2.47. The Morgan fingerprint density at radius 1 is 0.957 bits per heavy atom. The fourth-order valence-corrected chi connectivity index (χ4v) is 3.47. The first kappa shape index (κ1) is 17.5. The largest absolute Gasteiger partial charge is 0.240 e. The molecule has 124 valence electrons. The average molecular weight is 358 g/mol. The van der Waals surface area contributed by atoms with E-state index in [1.165, 1.54) is 24.3 Å². The van der Waals surface area contributed by atoms with Crippen molar-refractivity contribution in [1.82, 2.24) is 4.72 Å². The van der Waals surface area contributed by atoms with E-state index in [1.54, 1.807) is 12.1 Å². The van der Waals surface area contributed by atoms with Gasteiger partial charge in [0.25, 0.3) is 0 Å². The molecule has 0 saturated carbocycles. The quantitative estimate of drug-likeness (QED) is 0.803. The maximum absolute atomic E-state index is 13.1. The molecular weight excluding hydrogens is 343 g/mol. The number of nitrogens with one attached hydrogen (secondary N) is 1. The van der Waals surface area contributed by atoms with Gasteiger partial charge in [-0.05, 0) is 42.3 Å². The second kappa shape index (κ2) is 6.75. The highest BCUT2D eigenvalue weighted by atomic mass is 32.2. The number of primary sulfonamides is 1. The molecule has 0 unspecified atom stereocenters. The van der Waals surface area contributed by atoms with Gasteiger partial charge in [-0.15, -0.1) is 0 Å². The monoisotopic (exact) mass is 358 g/mol. The van der Waals surface area contributed by atoms with Gasteiger partial charge < -0.3 is 0 Å². The van der Waals surface area contributed by atoms with Crippen LogP contribution in [0, 0.1) is 5.82 Å². The predicted molar refractivity (Wildman–Crippen MR) is 83.1 cm³/mol. The molecule has 2 aromatic carbocycles. The molecule has 0 aliphatic heterocycles. The van der Waals surface area contributed by atoms with Crippen molar-refractivity contribution in [2.45, 2.75) is 16.2 Å². The number of nitrogens with two attached hydrogens (primary N) is 1. The highest BCUT2D eigenvalue weighted by molar-refractivity contribution is 7.89. The maximum Gasteiger partial charge on any atom is 0.240 e. The van der Waals surface area contributed by atoms with Crippen LogP contribution >= 0.6 is 0 Å². The molecular formula is C14H15FN2O4S2. The molecule has 2 rings (SSSR count). The van der Waals surface area contributed by atoms with E-state index in [1.807, 2.05) is 0 Å². The van der Waals surface area contributed by atoms with Gasteiger partial charge in [0.15, 0.2) is 0 Å². The third-order valence-corrected chi connectivity index (χ3v) is 5.45. The molecule has 0 heterocycles. The van der Waals surface area contributed by atoms with Crippen LogP contribution in [0.15, 0.2) is 58.3 Å². The molecule has 0 aliphatic rings. The molecule has 0 spiro atoms. The molecule has 0 bridgehead atoms. The predicted octanol–water partition coefficient (Wildman–Crippen LogP) is 0.994. The molecule has 0 amide bonds. The van der Waals surface area contributed by atoms with Gasteiger partial charge in [-0.2, -0.15) is 0 Å². The van der Waals surface area contributed by atoms with E-state index < -0.39 is 25.9 Å². The van der Waals surface area contributed by atoms with Crippen LogP contribution in [0.5, 0.6) is 0 Å². The van der Waals surface area contributed by atoms with Gasteiger partial charge in [-0.3, -0.25) is 0 Å². The Bertz CT molecular complexity index is 895. The van der Waals surface area contributed by atoms with Gasteiger partial charge in [0.1, 0.15) is 5.82 Å². The summed E-state index contributed by atoms with van der Waals surface area (Å²) in [6.07, 6.45) is 0.347. The summed E-state index contributed by atoms with van der Waals surface area (Å²) in [5.74, 6) is -0.633. The Morgan fingerprint density at radius 3 is 2.17 bits per heavy atom. The fourth-order valence-electron chi connectivity index (χ4n) is 1.89. The SMILES string of the molecule is NS(=O)(=O)c1ccc(CCNS(=O)(=O)c2cccc(F)c2)cc1. The van der Waals surface area contributed by atoms with Crippen LogP contribution in [0.2, 0.25) is 0 Å². The summed E-state index contributed by atoms with van der Waals surface area (Å²) >= 11 is 0. The number of sulfonamides is 2. The zero-order valence-corrected chi connectivity index (χ0v) is 13.6. The summed E-state index contributed by atoms with van der Waals surface area (Å²) in [4.78, 5) is -0.163. The first-order valence-electron chi connectivity index (χ1n) is 6.55. The number of benzene rings is 2. The Balaban J connectivity index is 1.99. The first-order valence-corrected chi connectivity index (χ1v) is 9.58. The van der Waals surface area contributed by atoms with Crippen LogP contribution in [0.1, 0.15) is 5.56 Å². The minimum absolute atomic E-state index is 0.0124. The van der Waals surface area contributed by atoms with E-state index in [4.69, 9.17) is 5.14 Å². The molecule has 2 aromatic rings. The number of hydrogen-bond donors (Lipinski definition) is 2. The van der Waals surface area contributed by atoms with Crippen molar-refractivity contribution < 1.29 is 21.2 Å². The lowest BCUT2D eigenvalue weighted by Crippen LogP contribution is -2.26. The summed E-state index contributed by atoms with van der Waals surface area (Å²) in [6.45, 7) is 0.0908. The number of halogens is 1. The van der Waals surface area contributed by atoms with Crippen molar-refractivity contribution in [2.75, 3.05) is 6.54 Å². The zero-order valence-electron chi connectivity index (χ0n) is 11.9. The second-order valence-electron chi connectivity index (χ2n) is 4.79.